The van der Waals surface area contributed by atoms with Crippen molar-refractivity contribution in [1.82, 2.24) is 0 Å². The van der Waals surface area contributed by atoms with Gasteiger partial charge in [-0.2, -0.15) is 4.99 Å². The molecule has 23 heavy (non-hydrogen) atoms. The Labute approximate surface area is 138 Å². The summed E-state index contributed by atoms with van der Waals surface area (Å²) in [5, 5.41) is 8.71. The molecule has 0 fully saturated rings. The van der Waals surface area contributed by atoms with Crippen molar-refractivity contribution in [2.45, 2.75) is 6.23 Å². The number of hydrogen-bond donors (Lipinski definition) is 2. The van der Waals surface area contributed by atoms with Gasteiger partial charge in [-0.25, -0.2) is 0 Å². The molecule has 2 aromatic rings. The molecule has 0 bridgehead atoms. The Kier molecular flexibility index (Phi) is 4.23. The van der Waals surface area contributed by atoms with Gasteiger partial charge in [-0.3, -0.25) is 0 Å². The first kappa shape index (κ1) is 15.4. The minimum atomic E-state index is -0.875. The number of benzene rings is 2. The zero-order chi connectivity index (χ0) is 16.4. The molecule has 6 heteroatoms. The number of nitrogens with two attached hydrogens (primary N) is 2. The number of fused-ring (bicyclic) bond motifs is 1. The second-order valence-corrected chi connectivity index (χ2v) is 5.53. The number of aliphatic imine (C=N–C) groups is 1. The van der Waals surface area contributed by atoms with Crippen LogP contribution in [-0.2, 0) is 0 Å². The van der Waals surface area contributed by atoms with E-state index < -0.39 is 6.23 Å². The number of guanidine groups is 1. The number of ether oxygens (including phenoxy) is 1. The lowest BCUT2D eigenvalue weighted by Gasteiger charge is -2.20. The van der Waals surface area contributed by atoms with Gasteiger partial charge in [0, 0.05) is 16.1 Å². The van der Waals surface area contributed by atoms with Gasteiger partial charge in [0.2, 0.25) is 0 Å². The average Bonchev–Trinajstić information content (AvgIpc) is 2.54. The normalized spacial score (nSPS) is 14.3. The molecule has 1 aliphatic heterocycles. The van der Waals surface area contributed by atoms with Crippen LogP contribution in [0.4, 0.5) is 0 Å². The number of halogens is 1. The summed E-state index contributed by atoms with van der Waals surface area (Å²) in [6.07, 6.45) is 1.10. The molecule has 0 saturated carbocycles. The summed E-state index contributed by atoms with van der Waals surface area (Å²) in [4.78, 5) is 3.86. The second-order valence-electron chi connectivity index (χ2n) is 5.12. The van der Waals surface area contributed by atoms with Crippen LogP contribution in [0.5, 0.6) is 5.75 Å². The van der Waals surface area contributed by atoms with Crippen molar-refractivity contribution in [3.63, 3.8) is 0 Å². The fraction of sp³-hybridized carbons (Fsp3) is 0.118. The van der Waals surface area contributed by atoms with E-state index >= 15 is 0 Å². The predicted molar refractivity (Wildman–Crippen MR) is 92.6 cm³/mol. The van der Waals surface area contributed by atoms with E-state index in [-0.39, 0.29) is 5.96 Å². The van der Waals surface area contributed by atoms with Gasteiger partial charge in [0.1, 0.15) is 12.4 Å². The third-order valence-corrected chi connectivity index (χ3v) is 3.91. The zero-order valence-electron chi connectivity index (χ0n) is 12.3. The molecule has 0 aromatic heterocycles. The molecule has 5 nitrogen and oxygen atoms in total. The summed E-state index contributed by atoms with van der Waals surface area (Å²) in [6, 6.07) is 13.1. The minimum absolute atomic E-state index is 0.110. The van der Waals surface area contributed by atoms with Crippen molar-refractivity contribution >= 4 is 23.1 Å². The van der Waals surface area contributed by atoms with Crippen molar-refractivity contribution < 1.29 is 9.84 Å². The van der Waals surface area contributed by atoms with Crippen LogP contribution in [0.1, 0.15) is 22.9 Å². The Morgan fingerprint density at radius 3 is 2.70 bits per heavy atom. The van der Waals surface area contributed by atoms with Crippen LogP contribution in [0.2, 0.25) is 5.02 Å². The molecule has 1 atom stereocenters. The van der Waals surface area contributed by atoms with Crippen LogP contribution in [0.3, 0.4) is 0 Å². The number of rotatable bonds is 3. The highest BCUT2D eigenvalue weighted by molar-refractivity contribution is 6.32. The Morgan fingerprint density at radius 1 is 1.17 bits per heavy atom. The Bertz CT molecular complexity index is 798. The zero-order valence-corrected chi connectivity index (χ0v) is 13.0. The summed E-state index contributed by atoms with van der Waals surface area (Å²) in [5.74, 6) is 0.643. The second kappa shape index (κ2) is 6.32. The summed E-state index contributed by atoms with van der Waals surface area (Å²) in [5.41, 5.74) is 14.2. The smallest absolute Gasteiger partial charge is 0.280 e. The van der Waals surface area contributed by atoms with Gasteiger partial charge >= 0.3 is 0 Å². The molecule has 0 aliphatic carbocycles. The molecule has 1 heterocycles. The Balaban J connectivity index is 2.07. The lowest BCUT2D eigenvalue weighted by molar-refractivity contribution is 0.188. The van der Waals surface area contributed by atoms with Gasteiger partial charge < -0.3 is 21.3 Å². The van der Waals surface area contributed by atoms with E-state index in [1.807, 2.05) is 42.5 Å². The van der Waals surface area contributed by atoms with Crippen molar-refractivity contribution in [3.05, 3.63) is 70.3 Å². The fourth-order valence-corrected chi connectivity index (χ4v) is 2.77. The first-order valence-electron chi connectivity index (χ1n) is 7.08. The largest absolute Gasteiger partial charge is 0.489 e. The molecule has 0 amide bonds. The summed E-state index contributed by atoms with van der Waals surface area (Å²) < 4.78 is 5.66. The summed E-state index contributed by atoms with van der Waals surface area (Å²) >= 11 is 6.32. The van der Waals surface area contributed by atoms with Gasteiger partial charge in [0.15, 0.2) is 5.96 Å². The van der Waals surface area contributed by atoms with Gasteiger partial charge in [-0.15, -0.1) is 0 Å². The fourth-order valence-electron chi connectivity index (χ4n) is 2.54. The van der Waals surface area contributed by atoms with Gasteiger partial charge in [-0.1, -0.05) is 29.8 Å². The quantitative estimate of drug-likeness (QED) is 0.512. The van der Waals surface area contributed by atoms with E-state index in [2.05, 4.69) is 4.99 Å². The van der Waals surface area contributed by atoms with Gasteiger partial charge in [0.25, 0.3) is 6.23 Å². The SMILES string of the molecule is NC(N)=NC([OH2+])c1ccc2c(c1)C(c1ccccc1Cl)=CCO2. The highest BCUT2D eigenvalue weighted by Crippen LogP contribution is 2.38. The van der Waals surface area contributed by atoms with E-state index in [1.165, 1.54) is 0 Å². The molecule has 0 saturated heterocycles. The molecular formula is C17H17ClN3O2+. The van der Waals surface area contributed by atoms with E-state index in [0.29, 0.717) is 17.2 Å². The summed E-state index contributed by atoms with van der Waals surface area (Å²) in [6.45, 7) is 0.477. The molecule has 3 rings (SSSR count). The lowest BCUT2D eigenvalue weighted by Crippen LogP contribution is -2.23. The van der Waals surface area contributed by atoms with Crippen LogP contribution in [-0.4, -0.2) is 17.7 Å². The molecule has 1 aliphatic rings. The maximum absolute atomic E-state index is 8.04. The molecular weight excluding hydrogens is 314 g/mol. The lowest BCUT2D eigenvalue weighted by atomic mass is 9.93. The first-order valence-corrected chi connectivity index (χ1v) is 7.46. The van der Waals surface area contributed by atoms with Gasteiger partial charge in [0.05, 0.1) is 5.56 Å². The van der Waals surface area contributed by atoms with Crippen LogP contribution >= 0.6 is 11.6 Å². The van der Waals surface area contributed by atoms with Crippen molar-refractivity contribution in [3.8, 4) is 5.75 Å². The van der Waals surface area contributed by atoms with Crippen molar-refractivity contribution in [1.29, 1.82) is 0 Å². The molecule has 0 radical (unpaired) electrons. The maximum atomic E-state index is 8.04. The topological polar surface area (TPSA) is 96.5 Å². The van der Waals surface area contributed by atoms with Gasteiger partial charge in [-0.05, 0) is 35.9 Å². The molecule has 2 aromatic carbocycles. The molecule has 6 N–H and O–H groups in total. The minimum Gasteiger partial charge on any atom is -0.489 e. The third kappa shape index (κ3) is 3.16. The molecule has 0 spiro atoms. The Morgan fingerprint density at radius 2 is 1.96 bits per heavy atom. The van der Waals surface area contributed by atoms with E-state index in [9.17, 15) is 0 Å². The standard InChI is InChI=1S/C17H16ClN3O2/c18-14-4-2-1-3-12(14)11-7-8-23-15-6-5-10(9-13(11)15)16(22)21-17(19)20/h1-7,9,16,22H,8H2,(H4,19,20,21)/p+1. The highest BCUT2D eigenvalue weighted by Gasteiger charge is 2.20. The molecule has 1 unspecified atom stereocenters. The number of hydrogen-bond acceptors (Lipinski definition) is 2. The first-order chi connectivity index (χ1) is 11.1. The van der Waals surface area contributed by atoms with E-state index in [0.717, 1.165) is 22.4 Å². The monoisotopic (exact) mass is 330 g/mol. The van der Waals surface area contributed by atoms with Crippen LogP contribution in [0.25, 0.3) is 5.57 Å². The predicted octanol–water partition coefficient (Wildman–Crippen LogP) is 2.16. The van der Waals surface area contributed by atoms with Crippen LogP contribution in [0.15, 0.2) is 53.5 Å². The van der Waals surface area contributed by atoms with E-state index in [4.69, 9.17) is 32.9 Å². The van der Waals surface area contributed by atoms with Crippen molar-refractivity contribution in [2.75, 3.05) is 6.61 Å². The highest BCUT2D eigenvalue weighted by atomic mass is 35.5. The van der Waals surface area contributed by atoms with E-state index in [1.54, 1.807) is 6.07 Å². The van der Waals surface area contributed by atoms with Crippen LogP contribution in [0, 0.1) is 0 Å². The van der Waals surface area contributed by atoms with Crippen molar-refractivity contribution in [2.24, 2.45) is 16.5 Å². The average molecular weight is 331 g/mol. The number of nitrogens with zero attached hydrogens (tertiary/aromatic N) is 1. The van der Waals surface area contributed by atoms with Crippen LogP contribution < -0.4 is 16.2 Å². The maximum Gasteiger partial charge on any atom is 0.280 e. The summed E-state index contributed by atoms with van der Waals surface area (Å²) in [7, 11) is 0. The molecule has 118 valence electrons. The third-order valence-electron chi connectivity index (χ3n) is 3.58. The Hall–Kier alpha value is -2.50.